The Bertz CT molecular complexity index is 1000. The summed E-state index contributed by atoms with van der Waals surface area (Å²) >= 11 is 1.42. The lowest BCUT2D eigenvalue weighted by Crippen LogP contribution is -2.49. The SMILES string of the molecule is CS(=O)(=O)NC1CCN(C(=O)C2CCC2)[C@H]1Cc1csc(-c2cccc(F)c2)n1. The molecule has 0 bridgehead atoms. The van der Waals surface area contributed by atoms with Gasteiger partial charge in [0.25, 0.3) is 0 Å². The molecule has 0 spiro atoms. The molecule has 1 aliphatic heterocycles. The van der Waals surface area contributed by atoms with Gasteiger partial charge in [-0.25, -0.2) is 22.5 Å². The first-order valence-corrected chi connectivity index (χ1v) is 12.6. The van der Waals surface area contributed by atoms with Crippen molar-refractivity contribution in [1.29, 1.82) is 0 Å². The molecule has 1 saturated heterocycles. The number of rotatable bonds is 6. The van der Waals surface area contributed by atoms with Crippen molar-refractivity contribution in [3.63, 3.8) is 0 Å². The molecule has 1 aromatic carbocycles. The van der Waals surface area contributed by atoms with Gasteiger partial charge in [-0.2, -0.15) is 0 Å². The number of likely N-dealkylation sites (tertiary alicyclic amines) is 1. The molecule has 1 unspecified atom stereocenters. The van der Waals surface area contributed by atoms with Crippen LogP contribution in [-0.2, 0) is 21.2 Å². The smallest absolute Gasteiger partial charge is 0.225 e. The molecule has 4 rings (SSSR count). The van der Waals surface area contributed by atoms with E-state index in [1.54, 1.807) is 6.07 Å². The van der Waals surface area contributed by atoms with E-state index in [1.165, 1.54) is 23.5 Å². The number of thiazole rings is 1. The zero-order valence-electron chi connectivity index (χ0n) is 16.2. The maximum absolute atomic E-state index is 13.5. The van der Waals surface area contributed by atoms with Crippen molar-refractivity contribution in [1.82, 2.24) is 14.6 Å². The summed E-state index contributed by atoms with van der Waals surface area (Å²) in [6.07, 6.45) is 5.10. The fourth-order valence-corrected chi connectivity index (χ4v) is 5.71. The van der Waals surface area contributed by atoms with Gasteiger partial charge in [-0.3, -0.25) is 4.79 Å². The van der Waals surface area contributed by atoms with Crippen molar-refractivity contribution >= 4 is 27.3 Å². The second-order valence-electron chi connectivity index (χ2n) is 7.87. The van der Waals surface area contributed by atoms with Crippen LogP contribution in [0, 0.1) is 11.7 Å². The minimum absolute atomic E-state index is 0.0628. The predicted molar refractivity (Wildman–Crippen MR) is 110 cm³/mol. The lowest BCUT2D eigenvalue weighted by atomic mass is 9.84. The standard InChI is InChI=1S/C20H24FN3O3S2/c1-29(26,27)23-17-8-9-24(20(25)13-4-2-5-13)18(17)11-16-12-28-19(22-16)14-6-3-7-15(21)10-14/h3,6-7,10,12-13,17-18,23H,2,4-5,8-9,11H2,1H3/t17?,18-/m0/s1. The highest BCUT2D eigenvalue weighted by atomic mass is 32.2. The third-order valence-corrected chi connectivity index (χ3v) is 7.36. The number of hydrogen-bond donors (Lipinski definition) is 1. The number of nitrogens with one attached hydrogen (secondary N) is 1. The Morgan fingerprint density at radius 1 is 1.34 bits per heavy atom. The second-order valence-corrected chi connectivity index (χ2v) is 10.5. The van der Waals surface area contributed by atoms with Gasteiger partial charge >= 0.3 is 0 Å². The van der Waals surface area contributed by atoms with Crippen LogP contribution in [0.4, 0.5) is 4.39 Å². The maximum atomic E-state index is 13.5. The summed E-state index contributed by atoms with van der Waals surface area (Å²) in [6.45, 7) is 0.550. The van der Waals surface area contributed by atoms with Gasteiger partial charge in [-0.05, 0) is 31.4 Å². The van der Waals surface area contributed by atoms with E-state index >= 15 is 0 Å². The molecule has 9 heteroatoms. The molecule has 2 atom stereocenters. The van der Waals surface area contributed by atoms with Gasteiger partial charge in [-0.1, -0.05) is 18.6 Å². The molecule has 156 valence electrons. The molecule has 1 aliphatic carbocycles. The third-order valence-electron chi connectivity index (χ3n) is 5.69. The summed E-state index contributed by atoms with van der Waals surface area (Å²) < 4.78 is 39.9. The average molecular weight is 438 g/mol. The van der Waals surface area contributed by atoms with Crippen LogP contribution in [0.5, 0.6) is 0 Å². The first-order chi connectivity index (χ1) is 13.8. The van der Waals surface area contributed by atoms with E-state index in [9.17, 15) is 17.6 Å². The Morgan fingerprint density at radius 2 is 2.14 bits per heavy atom. The van der Waals surface area contributed by atoms with Gasteiger partial charge in [0.15, 0.2) is 0 Å². The molecule has 1 saturated carbocycles. The zero-order valence-corrected chi connectivity index (χ0v) is 17.8. The summed E-state index contributed by atoms with van der Waals surface area (Å²) in [6, 6.07) is 5.70. The van der Waals surface area contributed by atoms with Crippen molar-refractivity contribution in [2.75, 3.05) is 12.8 Å². The van der Waals surface area contributed by atoms with Gasteiger partial charge in [0.05, 0.1) is 18.0 Å². The maximum Gasteiger partial charge on any atom is 0.225 e. The molecule has 0 radical (unpaired) electrons. The molecule has 1 aromatic heterocycles. The van der Waals surface area contributed by atoms with Crippen LogP contribution in [0.1, 0.15) is 31.4 Å². The minimum Gasteiger partial charge on any atom is -0.337 e. The molecular weight excluding hydrogens is 413 g/mol. The van der Waals surface area contributed by atoms with E-state index in [0.717, 1.165) is 31.2 Å². The van der Waals surface area contributed by atoms with Gasteiger partial charge in [-0.15, -0.1) is 11.3 Å². The van der Waals surface area contributed by atoms with Gasteiger partial charge in [0.1, 0.15) is 10.8 Å². The van der Waals surface area contributed by atoms with Crippen molar-refractivity contribution in [3.05, 3.63) is 41.2 Å². The highest BCUT2D eigenvalue weighted by molar-refractivity contribution is 7.88. The number of hydrogen-bond acceptors (Lipinski definition) is 5. The normalized spacial score (nSPS) is 22.6. The van der Waals surface area contributed by atoms with Gasteiger partial charge in [0, 0.05) is 35.9 Å². The quantitative estimate of drug-likeness (QED) is 0.754. The molecule has 2 aromatic rings. The fraction of sp³-hybridized carbons (Fsp3) is 0.500. The van der Waals surface area contributed by atoms with Gasteiger partial charge in [0.2, 0.25) is 15.9 Å². The van der Waals surface area contributed by atoms with Crippen LogP contribution in [0.2, 0.25) is 0 Å². The van der Waals surface area contributed by atoms with Crippen molar-refractivity contribution in [2.45, 2.75) is 44.2 Å². The molecule has 1 N–H and O–H groups in total. The highest BCUT2D eigenvalue weighted by Crippen LogP contribution is 2.33. The molecule has 2 fully saturated rings. The second kappa shape index (κ2) is 8.12. The number of aromatic nitrogens is 1. The van der Waals surface area contributed by atoms with E-state index in [1.807, 2.05) is 16.3 Å². The first-order valence-electron chi connectivity index (χ1n) is 9.78. The van der Waals surface area contributed by atoms with Crippen molar-refractivity contribution in [2.24, 2.45) is 5.92 Å². The van der Waals surface area contributed by atoms with Crippen LogP contribution < -0.4 is 4.72 Å². The minimum atomic E-state index is -3.38. The van der Waals surface area contributed by atoms with Gasteiger partial charge < -0.3 is 4.90 Å². The van der Waals surface area contributed by atoms with E-state index in [0.29, 0.717) is 30.0 Å². The summed E-state index contributed by atoms with van der Waals surface area (Å²) in [5, 5.41) is 2.62. The first kappa shape index (κ1) is 20.4. The third kappa shape index (κ3) is 4.67. The molecule has 1 amide bonds. The monoisotopic (exact) mass is 437 g/mol. The lowest BCUT2D eigenvalue weighted by Gasteiger charge is -2.34. The number of carbonyl (C=O) groups is 1. The number of amides is 1. The van der Waals surface area contributed by atoms with Crippen molar-refractivity contribution < 1.29 is 17.6 Å². The average Bonchev–Trinajstić information content (AvgIpc) is 3.20. The van der Waals surface area contributed by atoms with Crippen LogP contribution in [-0.4, -0.2) is 49.1 Å². The highest BCUT2D eigenvalue weighted by Gasteiger charge is 2.41. The number of halogens is 1. The number of sulfonamides is 1. The fourth-order valence-electron chi connectivity index (χ4n) is 4.05. The van der Waals surface area contributed by atoms with E-state index in [4.69, 9.17) is 0 Å². The summed E-state index contributed by atoms with van der Waals surface area (Å²) in [4.78, 5) is 19.4. The molecule has 6 nitrogen and oxygen atoms in total. The number of nitrogens with zero attached hydrogens (tertiary/aromatic N) is 2. The largest absolute Gasteiger partial charge is 0.337 e. The number of benzene rings is 1. The van der Waals surface area contributed by atoms with E-state index in [2.05, 4.69) is 9.71 Å². The summed E-state index contributed by atoms with van der Waals surface area (Å²) in [5.74, 6) is -0.128. The zero-order chi connectivity index (χ0) is 20.6. The Labute approximate surface area is 174 Å². The Hall–Kier alpha value is -1.84. The summed E-state index contributed by atoms with van der Waals surface area (Å²) in [5.41, 5.74) is 1.49. The Morgan fingerprint density at radius 3 is 2.79 bits per heavy atom. The Kier molecular flexibility index (Phi) is 5.72. The van der Waals surface area contributed by atoms with Crippen LogP contribution in [0.3, 0.4) is 0 Å². The lowest BCUT2D eigenvalue weighted by molar-refractivity contribution is -0.139. The topological polar surface area (TPSA) is 79.4 Å². The molecule has 2 heterocycles. The van der Waals surface area contributed by atoms with Crippen LogP contribution in [0.15, 0.2) is 29.6 Å². The summed E-state index contributed by atoms with van der Waals surface area (Å²) in [7, 11) is -3.38. The molecule has 29 heavy (non-hydrogen) atoms. The van der Waals surface area contributed by atoms with Crippen molar-refractivity contribution in [3.8, 4) is 10.6 Å². The van der Waals surface area contributed by atoms with Crippen LogP contribution >= 0.6 is 11.3 Å². The Balaban J connectivity index is 1.55. The predicted octanol–water partition coefficient (Wildman–Crippen LogP) is 2.81. The van der Waals surface area contributed by atoms with E-state index < -0.39 is 10.0 Å². The molecular formula is C20H24FN3O3S2. The van der Waals surface area contributed by atoms with E-state index in [-0.39, 0.29) is 29.7 Å². The van der Waals surface area contributed by atoms with Crippen LogP contribution in [0.25, 0.3) is 10.6 Å². The molecule has 2 aliphatic rings. The number of carbonyl (C=O) groups excluding carboxylic acids is 1.